The van der Waals surface area contributed by atoms with Gasteiger partial charge in [-0.2, -0.15) is 0 Å². The predicted octanol–water partition coefficient (Wildman–Crippen LogP) is 3.70. The van der Waals surface area contributed by atoms with Gasteiger partial charge in [0.2, 0.25) is 0 Å². The fourth-order valence-electron chi connectivity index (χ4n) is 2.40. The Labute approximate surface area is 125 Å². The molecule has 102 valence electrons. The number of ketones is 1. The molecule has 20 heavy (non-hydrogen) atoms. The fourth-order valence-corrected chi connectivity index (χ4v) is 2.86. The number of hydrogen-bond acceptors (Lipinski definition) is 3. The zero-order valence-electron chi connectivity index (χ0n) is 10.9. The Kier molecular flexibility index (Phi) is 3.49. The lowest BCUT2D eigenvalue weighted by atomic mass is 9.95. The topological polar surface area (TPSA) is 35.5 Å². The highest BCUT2D eigenvalue weighted by Crippen LogP contribution is 2.42. The molecule has 0 saturated heterocycles. The second-order valence-corrected chi connectivity index (χ2v) is 5.46. The summed E-state index contributed by atoms with van der Waals surface area (Å²) in [4.78, 5) is 12.3. The first-order valence-corrected chi connectivity index (χ1v) is 7.09. The van der Waals surface area contributed by atoms with Gasteiger partial charge in [0.05, 0.1) is 11.6 Å². The van der Waals surface area contributed by atoms with Gasteiger partial charge in [-0.05, 0) is 33.6 Å². The Hall–Kier alpha value is -1.81. The molecule has 2 aromatic rings. The van der Waals surface area contributed by atoms with Gasteiger partial charge in [-0.1, -0.05) is 30.3 Å². The van der Waals surface area contributed by atoms with Gasteiger partial charge in [0, 0.05) is 12.0 Å². The van der Waals surface area contributed by atoms with E-state index in [1.807, 2.05) is 42.5 Å². The van der Waals surface area contributed by atoms with Crippen molar-refractivity contribution in [1.82, 2.24) is 0 Å². The van der Waals surface area contributed by atoms with Gasteiger partial charge in [0.1, 0.15) is 11.5 Å². The van der Waals surface area contributed by atoms with E-state index < -0.39 is 6.10 Å². The minimum Gasteiger partial charge on any atom is -0.496 e. The van der Waals surface area contributed by atoms with E-state index in [2.05, 4.69) is 15.9 Å². The second-order valence-electron chi connectivity index (χ2n) is 4.61. The van der Waals surface area contributed by atoms with Crippen LogP contribution in [-0.4, -0.2) is 12.9 Å². The standard InChI is InChI=1S/C16H13BrO3/c1-19-14-8-7-12(17)16-11(14)9-13(18)15(20-16)10-5-3-2-4-6-10/h2-8,15H,9H2,1H3. The van der Waals surface area contributed by atoms with Crippen molar-refractivity contribution in [1.29, 1.82) is 0 Å². The molecule has 1 unspecified atom stereocenters. The number of methoxy groups -OCH3 is 1. The summed E-state index contributed by atoms with van der Waals surface area (Å²) < 4.78 is 12.1. The zero-order valence-corrected chi connectivity index (χ0v) is 12.5. The molecule has 1 heterocycles. The third-order valence-electron chi connectivity index (χ3n) is 3.37. The van der Waals surface area contributed by atoms with Gasteiger partial charge in [-0.3, -0.25) is 4.79 Å². The fraction of sp³-hybridized carbons (Fsp3) is 0.188. The summed E-state index contributed by atoms with van der Waals surface area (Å²) in [5, 5.41) is 0. The molecule has 1 aliphatic heterocycles. The Morgan fingerprint density at radius 2 is 1.95 bits per heavy atom. The number of halogens is 1. The first kappa shape index (κ1) is 13.2. The minimum absolute atomic E-state index is 0.0418. The number of carbonyl (C=O) groups is 1. The molecule has 0 spiro atoms. The lowest BCUT2D eigenvalue weighted by molar-refractivity contribution is -0.126. The third kappa shape index (κ3) is 2.20. The van der Waals surface area contributed by atoms with Crippen molar-refractivity contribution in [3.63, 3.8) is 0 Å². The van der Waals surface area contributed by atoms with Crippen LogP contribution in [0.15, 0.2) is 46.9 Å². The minimum atomic E-state index is -0.549. The molecule has 1 aliphatic rings. The maximum atomic E-state index is 12.3. The van der Waals surface area contributed by atoms with Crippen molar-refractivity contribution in [3.05, 3.63) is 58.1 Å². The van der Waals surface area contributed by atoms with Gasteiger partial charge in [-0.15, -0.1) is 0 Å². The van der Waals surface area contributed by atoms with Gasteiger partial charge in [0.15, 0.2) is 11.9 Å². The summed E-state index contributed by atoms with van der Waals surface area (Å²) in [6.07, 6.45) is -0.232. The van der Waals surface area contributed by atoms with E-state index in [9.17, 15) is 4.79 Å². The average molecular weight is 333 g/mol. The zero-order chi connectivity index (χ0) is 14.1. The Bertz CT molecular complexity index is 652. The Morgan fingerprint density at radius 3 is 2.65 bits per heavy atom. The van der Waals surface area contributed by atoms with E-state index in [0.29, 0.717) is 17.9 Å². The third-order valence-corrected chi connectivity index (χ3v) is 4.00. The van der Waals surface area contributed by atoms with Gasteiger partial charge in [0.25, 0.3) is 0 Å². The lowest BCUT2D eigenvalue weighted by Gasteiger charge is -2.27. The Morgan fingerprint density at radius 1 is 1.20 bits per heavy atom. The van der Waals surface area contributed by atoms with Crippen molar-refractivity contribution < 1.29 is 14.3 Å². The molecule has 3 nitrogen and oxygen atoms in total. The first-order chi connectivity index (χ1) is 9.70. The molecule has 2 aromatic carbocycles. The molecule has 3 rings (SSSR count). The summed E-state index contributed by atoms with van der Waals surface area (Å²) in [7, 11) is 1.59. The SMILES string of the molecule is COc1ccc(Br)c2c1CC(=O)C(c1ccccc1)O2. The molecule has 0 fully saturated rings. The van der Waals surface area contributed by atoms with Crippen LogP contribution in [0.1, 0.15) is 17.2 Å². The van der Waals surface area contributed by atoms with Crippen molar-refractivity contribution in [3.8, 4) is 11.5 Å². The van der Waals surface area contributed by atoms with Crippen LogP contribution in [0, 0.1) is 0 Å². The van der Waals surface area contributed by atoms with E-state index in [4.69, 9.17) is 9.47 Å². The number of hydrogen-bond donors (Lipinski definition) is 0. The van der Waals surface area contributed by atoms with E-state index in [1.54, 1.807) is 7.11 Å². The summed E-state index contributed by atoms with van der Waals surface area (Å²) >= 11 is 3.47. The number of carbonyl (C=O) groups excluding carboxylic acids is 1. The predicted molar refractivity (Wildman–Crippen MR) is 79.2 cm³/mol. The van der Waals surface area contributed by atoms with E-state index in [-0.39, 0.29) is 5.78 Å². The first-order valence-electron chi connectivity index (χ1n) is 6.30. The molecular formula is C16H13BrO3. The van der Waals surface area contributed by atoms with Crippen LogP contribution in [-0.2, 0) is 11.2 Å². The summed E-state index contributed by atoms with van der Waals surface area (Å²) in [6, 6.07) is 13.2. The lowest BCUT2D eigenvalue weighted by Crippen LogP contribution is -2.26. The second kappa shape index (κ2) is 5.29. The van der Waals surface area contributed by atoms with Crippen LogP contribution in [0.25, 0.3) is 0 Å². The van der Waals surface area contributed by atoms with E-state index in [1.165, 1.54) is 0 Å². The van der Waals surface area contributed by atoms with Crippen LogP contribution in [0.4, 0.5) is 0 Å². The molecule has 0 amide bonds. The van der Waals surface area contributed by atoms with Gasteiger partial charge < -0.3 is 9.47 Å². The van der Waals surface area contributed by atoms with Gasteiger partial charge >= 0.3 is 0 Å². The summed E-state index contributed by atoms with van der Waals surface area (Å²) in [5.41, 5.74) is 1.68. The molecule has 0 radical (unpaired) electrons. The molecule has 0 N–H and O–H groups in total. The highest BCUT2D eigenvalue weighted by molar-refractivity contribution is 9.10. The highest BCUT2D eigenvalue weighted by Gasteiger charge is 2.32. The smallest absolute Gasteiger partial charge is 0.182 e. The van der Waals surface area contributed by atoms with E-state index in [0.717, 1.165) is 15.6 Å². The van der Waals surface area contributed by atoms with Gasteiger partial charge in [-0.25, -0.2) is 0 Å². The van der Waals surface area contributed by atoms with Crippen LogP contribution < -0.4 is 9.47 Å². The normalized spacial score (nSPS) is 17.3. The van der Waals surface area contributed by atoms with Crippen LogP contribution >= 0.6 is 15.9 Å². The molecule has 0 aromatic heterocycles. The van der Waals surface area contributed by atoms with Crippen LogP contribution in [0.3, 0.4) is 0 Å². The monoisotopic (exact) mass is 332 g/mol. The van der Waals surface area contributed by atoms with Crippen molar-refractivity contribution in [2.24, 2.45) is 0 Å². The molecule has 0 aliphatic carbocycles. The number of Topliss-reactive ketones (excluding diaryl/α,β-unsaturated/α-hetero) is 1. The molecular weight excluding hydrogens is 320 g/mol. The van der Waals surface area contributed by atoms with Crippen LogP contribution in [0.5, 0.6) is 11.5 Å². The van der Waals surface area contributed by atoms with Crippen molar-refractivity contribution in [2.75, 3.05) is 7.11 Å². The molecule has 1 atom stereocenters. The number of benzene rings is 2. The Balaban J connectivity index is 2.05. The largest absolute Gasteiger partial charge is 0.496 e. The van der Waals surface area contributed by atoms with Crippen LogP contribution in [0.2, 0.25) is 0 Å². The quantitative estimate of drug-likeness (QED) is 0.841. The summed E-state index contributed by atoms with van der Waals surface area (Å²) in [6.45, 7) is 0. The average Bonchev–Trinajstić information content (AvgIpc) is 2.48. The molecule has 0 bridgehead atoms. The maximum absolute atomic E-state index is 12.3. The highest BCUT2D eigenvalue weighted by atomic mass is 79.9. The number of ether oxygens (including phenoxy) is 2. The van der Waals surface area contributed by atoms with Crippen molar-refractivity contribution in [2.45, 2.75) is 12.5 Å². The molecule has 0 saturated carbocycles. The number of rotatable bonds is 2. The molecule has 4 heteroatoms. The van der Waals surface area contributed by atoms with Crippen molar-refractivity contribution >= 4 is 21.7 Å². The number of fused-ring (bicyclic) bond motifs is 1. The van der Waals surface area contributed by atoms with E-state index >= 15 is 0 Å². The summed E-state index contributed by atoms with van der Waals surface area (Å²) in [5.74, 6) is 1.42. The maximum Gasteiger partial charge on any atom is 0.182 e.